The van der Waals surface area contributed by atoms with Crippen molar-refractivity contribution in [1.82, 2.24) is 15.5 Å². The van der Waals surface area contributed by atoms with Crippen molar-refractivity contribution in [3.05, 3.63) is 95.1 Å². The Kier molecular flexibility index (Phi) is 9.17. The standard InChI is InChI=1S/C32H39N3O4/c1-22(37)18-33-32(2,3)17-30(38)34-29-16-25-8-4-5-9-26(25)20-35(31(29)39)19-23-12-14-24(15-13-23)28-11-7-6-10-27(28)21-36/h4-15,22,29,33,36-37H,16-21H2,1-3H3,(H,34,38)/t22-,29-/m1/s1. The Labute approximate surface area is 230 Å². The second-order valence-corrected chi connectivity index (χ2v) is 11.1. The minimum atomic E-state index is -0.663. The highest BCUT2D eigenvalue weighted by Crippen LogP contribution is 2.26. The number of aliphatic hydroxyl groups is 2. The molecular weight excluding hydrogens is 490 g/mol. The average molecular weight is 530 g/mol. The van der Waals surface area contributed by atoms with E-state index in [1.807, 2.05) is 91.5 Å². The average Bonchev–Trinajstić information content (AvgIpc) is 3.04. The first-order valence-electron chi connectivity index (χ1n) is 13.5. The first kappa shape index (κ1) is 28.5. The number of rotatable bonds is 10. The second kappa shape index (κ2) is 12.6. The molecule has 1 aliphatic rings. The molecule has 2 atom stereocenters. The smallest absolute Gasteiger partial charge is 0.246 e. The molecule has 3 aromatic carbocycles. The van der Waals surface area contributed by atoms with Crippen molar-refractivity contribution in [2.45, 2.75) is 71.0 Å². The van der Waals surface area contributed by atoms with Crippen molar-refractivity contribution in [3.63, 3.8) is 0 Å². The molecule has 39 heavy (non-hydrogen) atoms. The number of β-amino-alcohol motifs (C(OH)–C–C–N with tert-alkyl or cyclic N) is 1. The van der Waals surface area contributed by atoms with Gasteiger partial charge in [0.05, 0.1) is 12.7 Å². The molecule has 0 bridgehead atoms. The number of hydrogen-bond acceptors (Lipinski definition) is 5. The fourth-order valence-electron chi connectivity index (χ4n) is 5.05. The molecule has 3 aromatic rings. The Morgan fingerprint density at radius 2 is 1.69 bits per heavy atom. The van der Waals surface area contributed by atoms with Crippen molar-refractivity contribution in [2.24, 2.45) is 0 Å². The lowest BCUT2D eigenvalue weighted by atomic mass is 9.98. The third kappa shape index (κ3) is 7.53. The molecule has 0 aliphatic carbocycles. The third-order valence-electron chi connectivity index (χ3n) is 7.15. The lowest BCUT2D eigenvalue weighted by Crippen LogP contribution is -2.51. The minimum absolute atomic E-state index is 0.0273. The van der Waals surface area contributed by atoms with Crippen LogP contribution in [0.15, 0.2) is 72.8 Å². The van der Waals surface area contributed by atoms with E-state index in [0.717, 1.165) is 33.4 Å². The summed E-state index contributed by atoms with van der Waals surface area (Å²) < 4.78 is 0. The highest BCUT2D eigenvalue weighted by Gasteiger charge is 2.32. The molecule has 0 unspecified atom stereocenters. The van der Waals surface area contributed by atoms with Crippen LogP contribution in [-0.2, 0) is 35.7 Å². The molecule has 0 aromatic heterocycles. The zero-order valence-electron chi connectivity index (χ0n) is 23.0. The molecule has 4 N–H and O–H groups in total. The summed E-state index contributed by atoms with van der Waals surface area (Å²) in [4.78, 5) is 28.6. The Morgan fingerprint density at radius 3 is 2.38 bits per heavy atom. The van der Waals surface area contributed by atoms with E-state index < -0.39 is 17.7 Å². The van der Waals surface area contributed by atoms with Gasteiger partial charge in [0.2, 0.25) is 11.8 Å². The maximum absolute atomic E-state index is 13.7. The number of carbonyl (C=O) groups is 2. The number of fused-ring (bicyclic) bond motifs is 1. The van der Waals surface area contributed by atoms with E-state index in [2.05, 4.69) is 10.6 Å². The number of carbonyl (C=O) groups excluding carboxylic acids is 2. The molecular formula is C32H39N3O4. The molecule has 0 saturated carbocycles. The lowest BCUT2D eigenvalue weighted by molar-refractivity contribution is -0.137. The van der Waals surface area contributed by atoms with Crippen LogP contribution in [0.25, 0.3) is 11.1 Å². The predicted molar refractivity (Wildman–Crippen MR) is 153 cm³/mol. The van der Waals surface area contributed by atoms with Gasteiger partial charge in [-0.1, -0.05) is 72.8 Å². The zero-order chi connectivity index (χ0) is 28.0. The number of hydrogen-bond donors (Lipinski definition) is 4. The molecule has 2 amide bonds. The highest BCUT2D eigenvalue weighted by molar-refractivity contribution is 5.88. The predicted octanol–water partition coefficient (Wildman–Crippen LogP) is 3.55. The van der Waals surface area contributed by atoms with Crippen LogP contribution in [0.3, 0.4) is 0 Å². The van der Waals surface area contributed by atoms with Crippen LogP contribution in [0.1, 0.15) is 49.4 Å². The summed E-state index contributed by atoms with van der Waals surface area (Å²) in [6.45, 7) is 6.76. The number of benzene rings is 3. The van der Waals surface area contributed by atoms with E-state index >= 15 is 0 Å². The summed E-state index contributed by atoms with van der Waals surface area (Å²) in [5.41, 5.74) is 5.46. The quantitative estimate of drug-likeness (QED) is 0.322. The maximum atomic E-state index is 13.7. The van der Waals surface area contributed by atoms with Gasteiger partial charge in [0.1, 0.15) is 6.04 Å². The van der Waals surface area contributed by atoms with Crippen LogP contribution in [0.4, 0.5) is 0 Å². The van der Waals surface area contributed by atoms with Gasteiger partial charge in [-0.05, 0) is 54.2 Å². The lowest BCUT2D eigenvalue weighted by Gasteiger charge is -2.29. The summed E-state index contributed by atoms with van der Waals surface area (Å²) in [6.07, 6.45) is 0.108. The maximum Gasteiger partial charge on any atom is 0.246 e. The van der Waals surface area contributed by atoms with Crippen LogP contribution in [-0.4, -0.2) is 51.2 Å². The van der Waals surface area contributed by atoms with E-state index in [1.54, 1.807) is 6.92 Å². The molecule has 0 fully saturated rings. The monoisotopic (exact) mass is 529 g/mol. The highest BCUT2D eigenvalue weighted by atomic mass is 16.3. The van der Waals surface area contributed by atoms with Crippen molar-refractivity contribution >= 4 is 11.8 Å². The third-order valence-corrected chi connectivity index (χ3v) is 7.15. The first-order valence-corrected chi connectivity index (χ1v) is 13.5. The molecule has 0 spiro atoms. The summed E-state index contributed by atoms with van der Waals surface area (Å²) in [5, 5.41) is 25.5. The van der Waals surface area contributed by atoms with Gasteiger partial charge < -0.3 is 25.7 Å². The van der Waals surface area contributed by atoms with E-state index in [1.165, 1.54) is 0 Å². The Hall–Kier alpha value is -3.52. The SMILES string of the molecule is C[C@@H](O)CNC(C)(C)CC(=O)N[C@@H]1Cc2ccccc2CN(Cc2ccc(-c3ccccc3CO)cc2)C1=O. The van der Waals surface area contributed by atoms with Gasteiger partial charge in [-0.15, -0.1) is 0 Å². The Bertz CT molecular complexity index is 1290. The number of aliphatic hydroxyl groups excluding tert-OH is 2. The van der Waals surface area contributed by atoms with Crippen LogP contribution >= 0.6 is 0 Å². The summed E-state index contributed by atoms with van der Waals surface area (Å²) in [5.74, 6) is -0.313. The van der Waals surface area contributed by atoms with Crippen molar-refractivity contribution in [2.75, 3.05) is 6.54 Å². The van der Waals surface area contributed by atoms with Crippen LogP contribution < -0.4 is 10.6 Å². The number of nitrogens with zero attached hydrogens (tertiary/aromatic N) is 1. The summed E-state index contributed by atoms with van der Waals surface area (Å²) in [6, 6.07) is 23.2. The van der Waals surface area contributed by atoms with Gasteiger partial charge >= 0.3 is 0 Å². The minimum Gasteiger partial charge on any atom is -0.392 e. The largest absolute Gasteiger partial charge is 0.392 e. The van der Waals surface area contributed by atoms with Crippen molar-refractivity contribution < 1.29 is 19.8 Å². The van der Waals surface area contributed by atoms with Gasteiger partial charge in [0, 0.05) is 38.0 Å². The number of amides is 2. The number of nitrogens with one attached hydrogen (secondary N) is 2. The molecule has 1 aliphatic heterocycles. The van der Waals surface area contributed by atoms with Gasteiger partial charge in [-0.2, -0.15) is 0 Å². The van der Waals surface area contributed by atoms with Crippen LogP contribution in [0, 0.1) is 0 Å². The fraction of sp³-hybridized carbons (Fsp3) is 0.375. The van der Waals surface area contributed by atoms with E-state index in [0.29, 0.717) is 26.1 Å². The van der Waals surface area contributed by atoms with Gasteiger partial charge in [0.15, 0.2) is 0 Å². The normalized spacial score (nSPS) is 16.4. The van der Waals surface area contributed by atoms with Gasteiger partial charge in [-0.25, -0.2) is 0 Å². The zero-order valence-corrected chi connectivity index (χ0v) is 23.0. The van der Waals surface area contributed by atoms with Gasteiger partial charge in [-0.3, -0.25) is 9.59 Å². The van der Waals surface area contributed by atoms with Crippen LogP contribution in [0.2, 0.25) is 0 Å². The first-order chi connectivity index (χ1) is 18.6. The molecule has 0 saturated heterocycles. The van der Waals surface area contributed by atoms with Crippen molar-refractivity contribution in [3.8, 4) is 11.1 Å². The van der Waals surface area contributed by atoms with Gasteiger partial charge in [0.25, 0.3) is 0 Å². The Morgan fingerprint density at radius 1 is 1.03 bits per heavy atom. The molecule has 206 valence electrons. The van der Waals surface area contributed by atoms with E-state index in [9.17, 15) is 19.8 Å². The second-order valence-electron chi connectivity index (χ2n) is 11.1. The fourth-order valence-corrected chi connectivity index (χ4v) is 5.05. The van der Waals surface area contributed by atoms with E-state index in [4.69, 9.17) is 0 Å². The molecule has 0 radical (unpaired) electrons. The topological polar surface area (TPSA) is 102 Å². The molecule has 4 rings (SSSR count). The molecule has 1 heterocycles. The van der Waals surface area contributed by atoms with E-state index in [-0.39, 0.29) is 24.8 Å². The molecule has 7 nitrogen and oxygen atoms in total. The Balaban J connectivity index is 1.51. The summed E-state index contributed by atoms with van der Waals surface area (Å²) in [7, 11) is 0. The summed E-state index contributed by atoms with van der Waals surface area (Å²) >= 11 is 0. The van der Waals surface area contributed by atoms with Crippen LogP contribution in [0.5, 0.6) is 0 Å². The van der Waals surface area contributed by atoms with Crippen molar-refractivity contribution in [1.29, 1.82) is 0 Å². The molecule has 7 heteroatoms.